The van der Waals surface area contributed by atoms with Crippen molar-refractivity contribution >= 4 is 5.91 Å². The van der Waals surface area contributed by atoms with Gasteiger partial charge in [-0.3, -0.25) is 4.79 Å². The molecule has 6 heteroatoms. The Bertz CT molecular complexity index is 850. The summed E-state index contributed by atoms with van der Waals surface area (Å²) in [5.41, 5.74) is 3.08. The fraction of sp³-hybridized carbons (Fsp3) is 0.417. The van der Waals surface area contributed by atoms with Crippen molar-refractivity contribution in [1.82, 2.24) is 4.90 Å². The first-order valence-corrected chi connectivity index (χ1v) is 10.7. The summed E-state index contributed by atoms with van der Waals surface area (Å²) in [5.74, 6) is 1.05. The summed E-state index contributed by atoms with van der Waals surface area (Å²) in [4.78, 5) is 17.4. The molecule has 0 spiro atoms. The number of quaternary nitrogens is 2. The molecule has 1 saturated heterocycles. The summed E-state index contributed by atoms with van der Waals surface area (Å²) in [6.07, 6.45) is 0. The second-order valence-corrected chi connectivity index (χ2v) is 7.99. The zero-order chi connectivity index (χ0) is 21.3. The van der Waals surface area contributed by atoms with E-state index in [1.807, 2.05) is 67.4 Å². The number of nitrogens with one attached hydrogen (secondary N) is 2. The highest BCUT2D eigenvalue weighted by molar-refractivity contribution is 5.76. The van der Waals surface area contributed by atoms with Crippen LogP contribution < -0.4 is 14.5 Å². The van der Waals surface area contributed by atoms with E-state index in [4.69, 9.17) is 10.00 Å². The average Bonchev–Trinajstić information content (AvgIpc) is 2.77. The number of rotatable bonds is 8. The molecule has 1 fully saturated rings. The molecule has 1 aliphatic rings. The predicted octanol–water partition coefficient (Wildman–Crippen LogP) is -0.101. The van der Waals surface area contributed by atoms with Crippen LogP contribution in [0.4, 0.5) is 0 Å². The van der Waals surface area contributed by atoms with E-state index >= 15 is 0 Å². The molecule has 0 radical (unpaired) electrons. The van der Waals surface area contributed by atoms with Gasteiger partial charge in [-0.05, 0) is 36.8 Å². The quantitative estimate of drug-likeness (QED) is 0.641. The molecule has 6 nitrogen and oxygen atoms in total. The number of piperazine rings is 1. The minimum absolute atomic E-state index is 0.189. The van der Waals surface area contributed by atoms with E-state index in [9.17, 15) is 4.79 Å². The van der Waals surface area contributed by atoms with Crippen LogP contribution in [0.5, 0.6) is 5.75 Å². The standard InChI is InChI=1S/C24H30N4O2/c1-3-30-23-10-8-21(9-11-23)17-26(2)24(29)19-28-14-12-27(13-15-28)18-22-6-4-20(16-25)5-7-22/h4-11H,3,12-15,17-19H2,1-2H3/p+2. The first-order valence-electron chi connectivity index (χ1n) is 10.7. The maximum Gasteiger partial charge on any atom is 0.277 e. The lowest BCUT2D eigenvalue weighted by Crippen LogP contribution is -3.28. The van der Waals surface area contributed by atoms with Crippen LogP contribution in [0.25, 0.3) is 0 Å². The lowest BCUT2D eigenvalue weighted by atomic mass is 10.1. The molecule has 0 aliphatic carbocycles. The van der Waals surface area contributed by atoms with Crippen molar-refractivity contribution in [2.75, 3.05) is 46.4 Å². The van der Waals surface area contributed by atoms with Crippen molar-refractivity contribution in [1.29, 1.82) is 5.26 Å². The van der Waals surface area contributed by atoms with E-state index in [-0.39, 0.29) is 5.91 Å². The van der Waals surface area contributed by atoms with Gasteiger partial charge in [0.05, 0.1) is 18.2 Å². The van der Waals surface area contributed by atoms with E-state index in [1.165, 1.54) is 10.5 Å². The van der Waals surface area contributed by atoms with Gasteiger partial charge in [-0.25, -0.2) is 0 Å². The van der Waals surface area contributed by atoms with Crippen molar-refractivity contribution in [3.8, 4) is 11.8 Å². The molecular formula is C24H32N4O2+2. The van der Waals surface area contributed by atoms with Crippen LogP contribution in [0.1, 0.15) is 23.6 Å². The molecule has 0 bridgehead atoms. The maximum absolute atomic E-state index is 12.7. The second kappa shape index (κ2) is 10.8. The third-order valence-electron chi connectivity index (χ3n) is 5.68. The minimum Gasteiger partial charge on any atom is -0.494 e. The van der Waals surface area contributed by atoms with E-state index in [1.54, 1.807) is 4.90 Å². The minimum atomic E-state index is 0.189. The smallest absolute Gasteiger partial charge is 0.277 e. The molecule has 1 aliphatic heterocycles. The van der Waals surface area contributed by atoms with Crippen LogP contribution in [0.2, 0.25) is 0 Å². The maximum atomic E-state index is 12.7. The van der Waals surface area contributed by atoms with Crippen LogP contribution in [0, 0.1) is 11.3 Å². The van der Waals surface area contributed by atoms with Gasteiger partial charge >= 0.3 is 0 Å². The SMILES string of the molecule is CCOc1ccc(CN(C)C(=O)C[NH+]2CC[NH+](Cc3ccc(C#N)cc3)CC2)cc1. The summed E-state index contributed by atoms with van der Waals surface area (Å²) >= 11 is 0. The van der Waals surface area contributed by atoms with Crippen LogP contribution in [0.3, 0.4) is 0 Å². The lowest BCUT2D eigenvalue weighted by Gasteiger charge is -2.30. The molecule has 0 saturated carbocycles. The van der Waals surface area contributed by atoms with E-state index < -0.39 is 0 Å². The molecule has 1 heterocycles. The third-order valence-corrected chi connectivity index (χ3v) is 5.68. The van der Waals surface area contributed by atoms with Gasteiger partial charge in [-0.1, -0.05) is 24.3 Å². The Kier molecular flexibility index (Phi) is 7.83. The fourth-order valence-corrected chi connectivity index (χ4v) is 3.87. The number of carbonyl (C=O) groups is 1. The molecule has 0 unspecified atom stereocenters. The molecule has 30 heavy (non-hydrogen) atoms. The normalized spacial score (nSPS) is 18.4. The van der Waals surface area contributed by atoms with E-state index in [2.05, 4.69) is 6.07 Å². The van der Waals surface area contributed by atoms with Crippen molar-refractivity contribution in [2.24, 2.45) is 0 Å². The van der Waals surface area contributed by atoms with Crippen molar-refractivity contribution in [3.05, 3.63) is 65.2 Å². The molecule has 158 valence electrons. The van der Waals surface area contributed by atoms with Gasteiger partial charge in [0.2, 0.25) is 0 Å². The number of likely N-dealkylation sites (N-methyl/N-ethyl adjacent to an activating group) is 1. The van der Waals surface area contributed by atoms with Crippen LogP contribution in [0.15, 0.2) is 48.5 Å². The van der Waals surface area contributed by atoms with Crippen LogP contribution in [-0.4, -0.2) is 57.2 Å². The van der Waals surface area contributed by atoms with Gasteiger partial charge in [-0.2, -0.15) is 5.26 Å². The number of ether oxygens (including phenoxy) is 1. The fourth-order valence-electron chi connectivity index (χ4n) is 3.87. The van der Waals surface area contributed by atoms with E-state index in [0.717, 1.165) is 44.0 Å². The van der Waals surface area contributed by atoms with Crippen molar-refractivity contribution in [2.45, 2.75) is 20.0 Å². The second-order valence-electron chi connectivity index (χ2n) is 7.99. The zero-order valence-corrected chi connectivity index (χ0v) is 18.0. The molecular weight excluding hydrogens is 376 g/mol. The highest BCUT2D eigenvalue weighted by atomic mass is 16.5. The summed E-state index contributed by atoms with van der Waals surface area (Å²) < 4.78 is 5.47. The predicted molar refractivity (Wildman–Crippen MR) is 115 cm³/mol. The van der Waals surface area contributed by atoms with Crippen molar-refractivity contribution < 1.29 is 19.3 Å². The Labute approximate surface area is 179 Å². The Hall–Kier alpha value is -2.88. The molecule has 2 aromatic carbocycles. The van der Waals surface area contributed by atoms with Gasteiger partial charge in [0, 0.05) is 19.2 Å². The zero-order valence-electron chi connectivity index (χ0n) is 18.0. The van der Waals surface area contributed by atoms with Gasteiger partial charge in [0.25, 0.3) is 5.91 Å². The lowest BCUT2D eigenvalue weighted by molar-refractivity contribution is -1.02. The van der Waals surface area contributed by atoms with Gasteiger partial charge in [-0.15, -0.1) is 0 Å². The summed E-state index contributed by atoms with van der Waals surface area (Å²) in [6, 6.07) is 18.0. The first-order chi connectivity index (χ1) is 14.6. The number of nitriles is 1. The first kappa shape index (κ1) is 21.8. The van der Waals surface area contributed by atoms with Gasteiger partial charge < -0.3 is 19.4 Å². The average molecular weight is 409 g/mol. The van der Waals surface area contributed by atoms with Crippen molar-refractivity contribution in [3.63, 3.8) is 0 Å². The van der Waals surface area contributed by atoms with Gasteiger partial charge in [0.15, 0.2) is 6.54 Å². The monoisotopic (exact) mass is 408 g/mol. The Morgan fingerprint density at radius 1 is 1.00 bits per heavy atom. The Balaban J connectivity index is 1.41. The summed E-state index contributed by atoms with van der Waals surface area (Å²) in [6.45, 7) is 8.91. The number of benzene rings is 2. The van der Waals surface area contributed by atoms with Crippen LogP contribution in [-0.2, 0) is 17.9 Å². The number of amides is 1. The molecule has 0 atom stereocenters. The number of nitrogens with zero attached hydrogens (tertiary/aromatic N) is 2. The Morgan fingerprint density at radius 2 is 1.60 bits per heavy atom. The topological polar surface area (TPSA) is 62.2 Å². The summed E-state index contributed by atoms with van der Waals surface area (Å²) in [7, 11) is 1.88. The largest absolute Gasteiger partial charge is 0.494 e. The third kappa shape index (κ3) is 6.31. The number of carbonyl (C=O) groups excluding carboxylic acids is 1. The molecule has 2 aromatic rings. The molecule has 1 amide bonds. The highest BCUT2D eigenvalue weighted by Crippen LogP contribution is 2.13. The van der Waals surface area contributed by atoms with Crippen LogP contribution >= 0.6 is 0 Å². The summed E-state index contributed by atoms with van der Waals surface area (Å²) in [5, 5.41) is 8.91. The number of hydrogen-bond acceptors (Lipinski definition) is 3. The molecule has 0 aromatic heterocycles. The Morgan fingerprint density at radius 3 is 2.20 bits per heavy atom. The van der Waals surface area contributed by atoms with E-state index in [0.29, 0.717) is 25.3 Å². The van der Waals surface area contributed by atoms with Gasteiger partial charge in [0.1, 0.15) is 38.5 Å². The number of hydrogen-bond donors (Lipinski definition) is 2. The molecule has 2 N–H and O–H groups in total. The highest BCUT2D eigenvalue weighted by Gasteiger charge is 2.26. The molecule has 3 rings (SSSR count).